The Morgan fingerprint density at radius 2 is 1.31 bits per heavy atom. The standard InChI is InChI=1S/C23H11NS2/c1-24-23-12-16-9-20-14(11-22(16)26-23)3-5-17-18(20)4-2-13-10-21-15(6-7-25-21)8-19(13)17/h2-12H. The molecule has 0 aliphatic rings. The van der Waals surface area contributed by atoms with Gasteiger partial charge >= 0.3 is 0 Å². The number of hydrogen-bond donors (Lipinski definition) is 0. The van der Waals surface area contributed by atoms with E-state index in [0.717, 1.165) is 10.4 Å². The van der Waals surface area contributed by atoms with Gasteiger partial charge in [0.2, 0.25) is 5.00 Å². The first-order chi connectivity index (χ1) is 12.8. The van der Waals surface area contributed by atoms with Gasteiger partial charge < -0.3 is 0 Å². The lowest BCUT2D eigenvalue weighted by Crippen LogP contribution is -1.81. The summed E-state index contributed by atoms with van der Waals surface area (Å²) >= 11 is 3.36. The first kappa shape index (κ1) is 14.3. The molecule has 0 bridgehead atoms. The number of rotatable bonds is 0. The largest absolute Gasteiger partial charge is 0.242 e. The van der Waals surface area contributed by atoms with Crippen LogP contribution in [0, 0.1) is 6.57 Å². The summed E-state index contributed by atoms with van der Waals surface area (Å²) in [5.41, 5.74) is 0. The third-order valence-corrected chi connectivity index (χ3v) is 7.01. The highest BCUT2D eigenvalue weighted by Gasteiger charge is 2.09. The summed E-state index contributed by atoms with van der Waals surface area (Å²) in [7, 11) is 0. The van der Waals surface area contributed by atoms with E-state index >= 15 is 0 Å². The summed E-state index contributed by atoms with van der Waals surface area (Å²) in [6, 6.07) is 22.2. The fourth-order valence-corrected chi connectivity index (χ4v) is 5.60. The molecule has 0 N–H and O–H groups in total. The van der Waals surface area contributed by atoms with Crippen LogP contribution in [0.25, 0.3) is 57.3 Å². The molecule has 0 saturated carbocycles. The van der Waals surface area contributed by atoms with Gasteiger partial charge in [0.15, 0.2) is 0 Å². The Balaban J connectivity index is 1.78. The van der Waals surface area contributed by atoms with Crippen LogP contribution < -0.4 is 0 Å². The van der Waals surface area contributed by atoms with Crippen LogP contribution in [0.5, 0.6) is 0 Å². The van der Waals surface area contributed by atoms with E-state index in [1.54, 1.807) is 22.7 Å². The normalized spacial score (nSPS) is 11.8. The zero-order valence-electron chi connectivity index (χ0n) is 13.6. The molecule has 0 spiro atoms. The molecule has 6 rings (SSSR count). The monoisotopic (exact) mass is 365 g/mol. The van der Waals surface area contributed by atoms with Crippen molar-refractivity contribution in [1.82, 2.24) is 0 Å². The SMILES string of the molecule is [C-]#[N+]c1cc2cc3c(ccc4c5cc6ccsc6cc5ccc34)cc2s1. The molecule has 2 heterocycles. The van der Waals surface area contributed by atoms with Crippen molar-refractivity contribution in [2.75, 3.05) is 0 Å². The Bertz CT molecular complexity index is 1540. The van der Waals surface area contributed by atoms with E-state index in [9.17, 15) is 0 Å². The van der Waals surface area contributed by atoms with Gasteiger partial charge in [-0.05, 0) is 84.9 Å². The van der Waals surface area contributed by atoms with E-state index in [2.05, 4.69) is 64.8 Å². The summed E-state index contributed by atoms with van der Waals surface area (Å²) in [6.07, 6.45) is 0. The number of thiophene rings is 2. The number of hydrogen-bond acceptors (Lipinski definition) is 2. The van der Waals surface area contributed by atoms with Gasteiger partial charge in [0.1, 0.15) is 0 Å². The third kappa shape index (κ3) is 1.89. The van der Waals surface area contributed by atoms with Gasteiger partial charge in [-0.2, -0.15) is 11.3 Å². The van der Waals surface area contributed by atoms with Crippen molar-refractivity contribution in [3.8, 4) is 0 Å². The lowest BCUT2D eigenvalue weighted by Gasteiger charge is -2.08. The third-order valence-electron chi connectivity index (χ3n) is 5.14. The molecule has 6 aromatic rings. The highest BCUT2D eigenvalue weighted by atomic mass is 32.1. The zero-order valence-corrected chi connectivity index (χ0v) is 15.2. The molecular weight excluding hydrogens is 354 g/mol. The van der Waals surface area contributed by atoms with Gasteiger partial charge in [0, 0.05) is 9.40 Å². The Kier molecular flexibility index (Phi) is 2.77. The van der Waals surface area contributed by atoms with E-state index in [1.165, 1.54) is 47.1 Å². The van der Waals surface area contributed by atoms with Crippen molar-refractivity contribution >= 4 is 80.2 Å². The quantitative estimate of drug-likeness (QED) is 0.189. The smallest absolute Gasteiger partial charge is 0.227 e. The second kappa shape index (κ2) is 5.04. The molecule has 4 aromatic carbocycles. The summed E-state index contributed by atoms with van der Waals surface area (Å²) in [5, 5.41) is 13.1. The van der Waals surface area contributed by atoms with Crippen LogP contribution in [0.3, 0.4) is 0 Å². The predicted octanol–water partition coefficient (Wildman–Crippen LogP) is 8.13. The molecule has 0 radical (unpaired) electrons. The zero-order chi connectivity index (χ0) is 17.3. The summed E-state index contributed by atoms with van der Waals surface area (Å²) < 4.78 is 2.52. The van der Waals surface area contributed by atoms with Gasteiger partial charge in [0.25, 0.3) is 0 Å². The summed E-state index contributed by atoms with van der Waals surface area (Å²) in [6.45, 7) is 7.27. The van der Waals surface area contributed by atoms with E-state index in [0.29, 0.717) is 0 Å². The number of fused-ring (bicyclic) bond motifs is 7. The fraction of sp³-hybridized carbons (Fsp3) is 0. The van der Waals surface area contributed by atoms with Crippen molar-refractivity contribution in [2.45, 2.75) is 0 Å². The van der Waals surface area contributed by atoms with Crippen molar-refractivity contribution in [1.29, 1.82) is 0 Å². The summed E-state index contributed by atoms with van der Waals surface area (Å²) in [4.78, 5) is 3.59. The molecule has 2 aromatic heterocycles. The molecule has 26 heavy (non-hydrogen) atoms. The molecule has 1 nitrogen and oxygen atoms in total. The van der Waals surface area contributed by atoms with Crippen LogP contribution in [-0.2, 0) is 0 Å². The van der Waals surface area contributed by atoms with E-state index < -0.39 is 0 Å². The maximum absolute atomic E-state index is 7.27. The lowest BCUT2D eigenvalue weighted by molar-refractivity contribution is 1.86. The van der Waals surface area contributed by atoms with Crippen LogP contribution in [0.1, 0.15) is 0 Å². The van der Waals surface area contributed by atoms with Gasteiger partial charge in [-0.1, -0.05) is 24.3 Å². The molecule has 0 fully saturated rings. The highest BCUT2D eigenvalue weighted by molar-refractivity contribution is 7.23. The van der Waals surface area contributed by atoms with Crippen LogP contribution in [0.15, 0.2) is 66.0 Å². The Labute approximate surface area is 157 Å². The van der Waals surface area contributed by atoms with E-state index in [4.69, 9.17) is 6.57 Å². The predicted molar refractivity (Wildman–Crippen MR) is 116 cm³/mol. The minimum absolute atomic E-state index is 0.755. The second-order valence-corrected chi connectivity index (χ2v) is 8.58. The average Bonchev–Trinajstić information content (AvgIpc) is 3.29. The second-order valence-electron chi connectivity index (χ2n) is 6.57. The average molecular weight is 365 g/mol. The Hall–Kier alpha value is -2.93. The van der Waals surface area contributed by atoms with Crippen molar-refractivity contribution < 1.29 is 0 Å². The highest BCUT2D eigenvalue weighted by Crippen LogP contribution is 2.39. The number of nitrogens with zero attached hydrogens (tertiary/aromatic N) is 1. The molecule has 3 heteroatoms. The fourth-order valence-electron chi connectivity index (χ4n) is 3.91. The molecule has 0 atom stereocenters. The van der Waals surface area contributed by atoms with Crippen LogP contribution in [0.2, 0.25) is 0 Å². The molecule has 0 aliphatic carbocycles. The van der Waals surface area contributed by atoms with Crippen LogP contribution >= 0.6 is 22.7 Å². The molecule has 120 valence electrons. The van der Waals surface area contributed by atoms with Gasteiger partial charge in [0.05, 0.1) is 6.57 Å². The van der Waals surface area contributed by atoms with E-state index in [1.807, 2.05) is 6.07 Å². The minimum Gasteiger partial charge on any atom is -0.227 e. The lowest BCUT2D eigenvalue weighted by atomic mass is 9.96. The minimum atomic E-state index is 0.755. The maximum Gasteiger partial charge on any atom is 0.242 e. The number of benzene rings is 4. The van der Waals surface area contributed by atoms with Gasteiger partial charge in [-0.15, -0.1) is 11.3 Å². The molecular formula is C23H11NS2. The van der Waals surface area contributed by atoms with Crippen LogP contribution in [0.4, 0.5) is 5.00 Å². The molecule has 0 amide bonds. The van der Waals surface area contributed by atoms with Gasteiger partial charge in [-0.3, -0.25) is 0 Å². The van der Waals surface area contributed by atoms with E-state index in [-0.39, 0.29) is 0 Å². The Morgan fingerprint density at radius 3 is 2.04 bits per heavy atom. The molecule has 0 aliphatic heterocycles. The van der Waals surface area contributed by atoms with Crippen molar-refractivity contribution in [3.63, 3.8) is 0 Å². The van der Waals surface area contributed by atoms with Crippen molar-refractivity contribution in [2.24, 2.45) is 0 Å². The molecule has 0 saturated heterocycles. The molecule has 0 unspecified atom stereocenters. The first-order valence-corrected chi connectivity index (χ1v) is 10.1. The maximum atomic E-state index is 7.27. The summed E-state index contributed by atoms with van der Waals surface area (Å²) in [5.74, 6) is 0. The topological polar surface area (TPSA) is 4.36 Å². The van der Waals surface area contributed by atoms with Crippen LogP contribution in [-0.4, -0.2) is 0 Å². The van der Waals surface area contributed by atoms with Crippen molar-refractivity contribution in [3.05, 3.63) is 77.5 Å². The first-order valence-electron chi connectivity index (χ1n) is 8.38. The Morgan fingerprint density at radius 1 is 0.615 bits per heavy atom. The van der Waals surface area contributed by atoms with Gasteiger partial charge in [-0.25, -0.2) is 4.85 Å².